The predicted octanol–water partition coefficient (Wildman–Crippen LogP) is 1.32. The van der Waals surface area contributed by atoms with E-state index < -0.39 is 6.61 Å². The lowest BCUT2D eigenvalue weighted by atomic mass is 10.2. The second kappa shape index (κ2) is 3.45. The third-order valence-electron chi connectivity index (χ3n) is 2.14. The molecule has 0 aromatic rings. The van der Waals surface area contributed by atoms with Gasteiger partial charge in [-0.05, 0) is 20.4 Å². The fourth-order valence-corrected chi connectivity index (χ4v) is 1.38. The molecule has 0 aromatic heterocycles. The minimum atomic E-state index is -2.63. The van der Waals surface area contributed by atoms with Crippen molar-refractivity contribution in [3.05, 3.63) is 0 Å². The Hall–Kier alpha value is -0.220. The van der Waals surface area contributed by atoms with E-state index in [0.29, 0.717) is 19.0 Å². The van der Waals surface area contributed by atoms with Crippen LogP contribution in [0.5, 0.6) is 0 Å². The van der Waals surface area contributed by atoms with Gasteiger partial charge in [0.15, 0.2) is 0 Å². The zero-order valence-electron chi connectivity index (χ0n) is 6.76. The average Bonchev–Trinajstić information content (AvgIpc) is 2.10. The van der Waals surface area contributed by atoms with Gasteiger partial charge >= 0.3 is 6.61 Å². The lowest BCUT2D eigenvalue weighted by molar-refractivity contribution is -0.158. The monoisotopic (exact) mass is 165 g/mol. The molecular weight excluding hydrogens is 152 g/mol. The summed E-state index contributed by atoms with van der Waals surface area (Å²) in [5, 5.41) is 0. The van der Waals surface area contributed by atoms with Crippen molar-refractivity contribution in [3.8, 4) is 0 Å². The molecule has 0 aromatic carbocycles. The highest BCUT2D eigenvalue weighted by Gasteiger charge is 2.28. The summed E-state index contributed by atoms with van der Waals surface area (Å²) in [5.41, 5.74) is 0. The lowest BCUT2D eigenvalue weighted by Crippen LogP contribution is -2.23. The van der Waals surface area contributed by atoms with E-state index in [9.17, 15) is 8.78 Å². The van der Waals surface area contributed by atoms with Crippen LogP contribution < -0.4 is 0 Å². The number of ether oxygens (including phenoxy) is 1. The Morgan fingerprint density at radius 1 is 1.55 bits per heavy atom. The molecule has 0 N–H and O–H groups in total. The maximum Gasteiger partial charge on any atom is 0.345 e. The van der Waals surface area contributed by atoms with Gasteiger partial charge in [-0.3, -0.25) is 0 Å². The first kappa shape index (κ1) is 8.87. The van der Waals surface area contributed by atoms with Crippen molar-refractivity contribution >= 4 is 0 Å². The number of alkyl halides is 2. The summed E-state index contributed by atoms with van der Waals surface area (Å²) < 4.78 is 27.8. The second-order valence-electron chi connectivity index (χ2n) is 3.04. The van der Waals surface area contributed by atoms with E-state index in [4.69, 9.17) is 0 Å². The Kier molecular flexibility index (Phi) is 2.78. The molecule has 2 unspecified atom stereocenters. The molecular formula is C7H13F2NO. The number of hydrogen-bond acceptors (Lipinski definition) is 2. The first-order chi connectivity index (χ1) is 5.09. The van der Waals surface area contributed by atoms with Crippen molar-refractivity contribution in [2.45, 2.75) is 32.1 Å². The Morgan fingerprint density at radius 2 is 2.18 bits per heavy atom. The molecule has 0 aliphatic carbocycles. The zero-order valence-corrected chi connectivity index (χ0v) is 6.76. The minimum absolute atomic E-state index is 0.282. The van der Waals surface area contributed by atoms with E-state index in [0.717, 1.165) is 0 Å². The number of likely N-dealkylation sites (N-methyl/N-ethyl adjacent to an activating group) is 1. The molecule has 2 atom stereocenters. The highest BCUT2D eigenvalue weighted by Crippen LogP contribution is 2.19. The highest BCUT2D eigenvalue weighted by atomic mass is 19.3. The molecule has 1 aliphatic rings. The van der Waals surface area contributed by atoms with Gasteiger partial charge < -0.3 is 9.64 Å². The van der Waals surface area contributed by atoms with Crippen LogP contribution in [-0.2, 0) is 4.74 Å². The average molecular weight is 165 g/mol. The van der Waals surface area contributed by atoms with Crippen LogP contribution in [0.3, 0.4) is 0 Å². The molecule has 0 bridgehead atoms. The molecule has 1 aliphatic heterocycles. The number of hydrogen-bond donors (Lipinski definition) is 0. The fraction of sp³-hybridized carbons (Fsp3) is 1.00. The van der Waals surface area contributed by atoms with Crippen molar-refractivity contribution in [2.24, 2.45) is 0 Å². The van der Waals surface area contributed by atoms with Crippen LogP contribution >= 0.6 is 0 Å². The molecule has 1 heterocycles. The number of nitrogens with zero attached hydrogens (tertiary/aromatic N) is 1. The van der Waals surface area contributed by atoms with E-state index in [1.165, 1.54) is 0 Å². The summed E-state index contributed by atoms with van der Waals surface area (Å²) in [4.78, 5) is 2.02. The second-order valence-corrected chi connectivity index (χ2v) is 3.04. The van der Waals surface area contributed by atoms with E-state index in [1.54, 1.807) is 0 Å². The van der Waals surface area contributed by atoms with E-state index >= 15 is 0 Å². The van der Waals surface area contributed by atoms with Gasteiger partial charge in [-0.1, -0.05) is 0 Å². The van der Waals surface area contributed by atoms with Crippen LogP contribution in [0.2, 0.25) is 0 Å². The molecule has 4 heteroatoms. The molecule has 11 heavy (non-hydrogen) atoms. The normalized spacial score (nSPS) is 33.5. The quantitative estimate of drug-likeness (QED) is 0.611. The van der Waals surface area contributed by atoms with Crippen molar-refractivity contribution in [1.29, 1.82) is 0 Å². The van der Waals surface area contributed by atoms with Gasteiger partial charge in [0.2, 0.25) is 0 Å². The Bertz CT molecular complexity index is 119. The first-order valence-corrected chi connectivity index (χ1v) is 3.73. The van der Waals surface area contributed by atoms with Crippen LogP contribution in [0.15, 0.2) is 0 Å². The van der Waals surface area contributed by atoms with Crippen molar-refractivity contribution in [1.82, 2.24) is 4.90 Å². The van der Waals surface area contributed by atoms with Crippen molar-refractivity contribution in [3.63, 3.8) is 0 Å². The molecule has 0 saturated carbocycles. The summed E-state index contributed by atoms with van der Waals surface area (Å²) in [7, 11) is 1.92. The van der Waals surface area contributed by atoms with Gasteiger partial charge in [-0.2, -0.15) is 8.78 Å². The standard InChI is InChI=1S/C7H13F2NO/c1-5-3-6(4-10(5)2)11-7(8)9/h5-7H,3-4H2,1-2H3. The van der Waals surface area contributed by atoms with E-state index in [-0.39, 0.29) is 6.10 Å². The van der Waals surface area contributed by atoms with Gasteiger partial charge in [0, 0.05) is 12.6 Å². The Balaban J connectivity index is 2.29. The predicted molar refractivity (Wildman–Crippen MR) is 37.6 cm³/mol. The van der Waals surface area contributed by atoms with Gasteiger partial charge in [-0.15, -0.1) is 0 Å². The Labute approximate surface area is 65.1 Å². The lowest BCUT2D eigenvalue weighted by Gasteiger charge is -2.12. The molecule has 0 amide bonds. The number of likely N-dealkylation sites (tertiary alicyclic amines) is 1. The van der Waals surface area contributed by atoms with Gasteiger partial charge in [0.25, 0.3) is 0 Å². The van der Waals surface area contributed by atoms with Crippen molar-refractivity contribution in [2.75, 3.05) is 13.6 Å². The van der Waals surface area contributed by atoms with Gasteiger partial charge in [-0.25, -0.2) is 0 Å². The van der Waals surface area contributed by atoms with Crippen LogP contribution in [0.4, 0.5) is 8.78 Å². The van der Waals surface area contributed by atoms with Crippen LogP contribution in [0.1, 0.15) is 13.3 Å². The molecule has 1 saturated heterocycles. The smallest absolute Gasteiger partial charge is 0.318 e. The largest absolute Gasteiger partial charge is 0.345 e. The summed E-state index contributed by atoms with van der Waals surface area (Å²) >= 11 is 0. The fourth-order valence-electron chi connectivity index (χ4n) is 1.38. The maximum atomic E-state index is 11.7. The zero-order chi connectivity index (χ0) is 8.43. The van der Waals surface area contributed by atoms with E-state index in [1.807, 2.05) is 18.9 Å². The Morgan fingerprint density at radius 3 is 2.55 bits per heavy atom. The number of halogens is 2. The van der Waals surface area contributed by atoms with Crippen LogP contribution in [0.25, 0.3) is 0 Å². The summed E-state index contributed by atoms with van der Waals surface area (Å²) in [6.45, 7) is -0.000870. The topological polar surface area (TPSA) is 12.5 Å². The molecule has 1 rings (SSSR count). The molecule has 66 valence electrons. The summed E-state index contributed by atoms with van der Waals surface area (Å²) in [6, 6.07) is 0.360. The molecule has 0 radical (unpaired) electrons. The number of rotatable bonds is 2. The molecule has 1 fully saturated rings. The molecule has 2 nitrogen and oxygen atoms in total. The van der Waals surface area contributed by atoms with E-state index in [2.05, 4.69) is 4.74 Å². The van der Waals surface area contributed by atoms with Crippen LogP contribution in [0, 0.1) is 0 Å². The SMILES string of the molecule is CC1CC(OC(F)F)CN1C. The molecule has 0 spiro atoms. The summed E-state index contributed by atoms with van der Waals surface area (Å²) in [5.74, 6) is 0. The summed E-state index contributed by atoms with van der Waals surface area (Å²) in [6.07, 6.45) is 0.427. The highest BCUT2D eigenvalue weighted by molar-refractivity contribution is 4.80. The third kappa shape index (κ3) is 2.38. The first-order valence-electron chi connectivity index (χ1n) is 3.73. The van der Waals surface area contributed by atoms with Crippen LogP contribution in [-0.4, -0.2) is 37.2 Å². The van der Waals surface area contributed by atoms with Gasteiger partial charge in [0.05, 0.1) is 6.10 Å². The maximum absolute atomic E-state index is 11.7. The third-order valence-corrected chi connectivity index (χ3v) is 2.14. The minimum Gasteiger partial charge on any atom is -0.318 e. The van der Waals surface area contributed by atoms with Crippen molar-refractivity contribution < 1.29 is 13.5 Å². The van der Waals surface area contributed by atoms with Gasteiger partial charge in [0.1, 0.15) is 0 Å².